The standard InChI is InChI=1S/C18H31N3O2.HI/c1-15-9-8-10-17(13-15)23-16(2)14-21-18(19-3)20-11-6-5-7-12-22-4;/h8-10,13,16H,5-7,11-12,14H2,1-4H3,(H2,19,20,21);1H. The summed E-state index contributed by atoms with van der Waals surface area (Å²) >= 11 is 0. The van der Waals surface area contributed by atoms with Crippen LogP contribution in [0.3, 0.4) is 0 Å². The van der Waals surface area contributed by atoms with Crippen molar-refractivity contribution in [1.29, 1.82) is 0 Å². The summed E-state index contributed by atoms with van der Waals surface area (Å²) in [4.78, 5) is 4.23. The van der Waals surface area contributed by atoms with Gasteiger partial charge in [0, 0.05) is 27.3 Å². The summed E-state index contributed by atoms with van der Waals surface area (Å²) in [5.74, 6) is 1.72. The number of aliphatic imine (C=N–C) groups is 1. The highest BCUT2D eigenvalue weighted by Crippen LogP contribution is 2.13. The smallest absolute Gasteiger partial charge is 0.191 e. The molecule has 1 aromatic rings. The van der Waals surface area contributed by atoms with Gasteiger partial charge < -0.3 is 20.1 Å². The SMILES string of the molecule is CN=C(NCCCCCOC)NCC(C)Oc1cccc(C)c1.I. The average Bonchev–Trinajstić information content (AvgIpc) is 2.53. The van der Waals surface area contributed by atoms with Gasteiger partial charge in [0.15, 0.2) is 5.96 Å². The Balaban J connectivity index is 0.00000529. The maximum atomic E-state index is 5.90. The number of aryl methyl sites for hydroxylation is 1. The lowest BCUT2D eigenvalue weighted by atomic mass is 10.2. The third-order valence-corrected chi connectivity index (χ3v) is 3.43. The molecule has 0 fully saturated rings. The second-order valence-electron chi connectivity index (χ2n) is 5.68. The van der Waals surface area contributed by atoms with Crippen molar-refractivity contribution in [2.24, 2.45) is 4.99 Å². The number of guanidine groups is 1. The highest BCUT2D eigenvalue weighted by atomic mass is 127. The van der Waals surface area contributed by atoms with Gasteiger partial charge in [0.1, 0.15) is 11.9 Å². The number of halogens is 1. The Labute approximate surface area is 163 Å². The molecule has 0 aliphatic carbocycles. The second kappa shape index (κ2) is 14.3. The molecule has 5 nitrogen and oxygen atoms in total. The molecule has 1 rings (SSSR count). The van der Waals surface area contributed by atoms with Crippen LogP contribution in [0.1, 0.15) is 31.7 Å². The van der Waals surface area contributed by atoms with Gasteiger partial charge in [-0.2, -0.15) is 0 Å². The van der Waals surface area contributed by atoms with E-state index in [1.807, 2.05) is 25.1 Å². The summed E-state index contributed by atoms with van der Waals surface area (Å²) in [5, 5.41) is 6.61. The first-order valence-corrected chi connectivity index (χ1v) is 8.32. The van der Waals surface area contributed by atoms with Crippen molar-refractivity contribution >= 4 is 29.9 Å². The Bertz CT molecular complexity index is 469. The van der Waals surface area contributed by atoms with Crippen LogP contribution in [-0.4, -0.2) is 45.9 Å². The molecule has 0 heterocycles. The van der Waals surface area contributed by atoms with Crippen LogP contribution in [-0.2, 0) is 4.74 Å². The average molecular weight is 449 g/mol. The predicted octanol–water partition coefficient (Wildman–Crippen LogP) is 3.36. The number of hydrogen-bond acceptors (Lipinski definition) is 3. The van der Waals surface area contributed by atoms with Crippen molar-refractivity contribution in [2.45, 2.75) is 39.2 Å². The third-order valence-electron chi connectivity index (χ3n) is 3.43. The topological polar surface area (TPSA) is 54.9 Å². The zero-order valence-corrected chi connectivity index (χ0v) is 17.6. The van der Waals surface area contributed by atoms with E-state index in [1.165, 1.54) is 5.56 Å². The molecule has 0 amide bonds. The first-order chi connectivity index (χ1) is 11.2. The fourth-order valence-corrected chi connectivity index (χ4v) is 2.18. The molecule has 0 aliphatic heterocycles. The number of ether oxygens (including phenoxy) is 2. The molecule has 0 saturated heterocycles. The van der Waals surface area contributed by atoms with Crippen molar-refractivity contribution in [1.82, 2.24) is 10.6 Å². The Morgan fingerprint density at radius 2 is 2.00 bits per heavy atom. The van der Waals surface area contributed by atoms with E-state index < -0.39 is 0 Å². The summed E-state index contributed by atoms with van der Waals surface area (Å²) in [6, 6.07) is 8.10. The fraction of sp³-hybridized carbons (Fsp3) is 0.611. The maximum absolute atomic E-state index is 5.90. The minimum Gasteiger partial charge on any atom is -0.489 e. The highest BCUT2D eigenvalue weighted by Gasteiger charge is 2.05. The van der Waals surface area contributed by atoms with Crippen molar-refractivity contribution in [3.05, 3.63) is 29.8 Å². The van der Waals surface area contributed by atoms with Crippen LogP contribution >= 0.6 is 24.0 Å². The van der Waals surface area contributed by atoms with E-state index in [1.54, 1.807) is 14.2 Å². The molecule has 1 atom stereocenters. The largest absolute Gasteiger partial charge is 0.489 e. The molecule has 0 spiro atoms. The molecule has 2 N–H and O–H groups in total. The zero-order valence-electron chi connectivity index (χ0n) is 15.3. The Morgan fingerprint density at radius 1 is 1.21 bits per heavy atom. The van der Waals surface area contributed by atoms with Crippen molar-refractivity contribution in [3.63, 3.8) is 0 Å². The van der Waals surface area contributed by atoms with Gasteiger partial charge in [0.25, 0.3) is 0 Å². The second-order valence-corrected chi connectivity index (χ2v) is 5.68. The molecule has 1 aromatic carbocycles. The summed E-state index contributed by atoms with van der Waals surface area (Å²) in [6.45, 7) is 6.57. The van der Waals surface area contributed by atoms with Gasteiger partial charge in [-0.05, 0) is 50.8 Å². The molecule has 138 valence electrons. The van der Waals surface area contributed by atoms with Crippen molar-refractivity contribution in [2.75, 3.05) is 33.9 Å². The number of hydrogen-bond donors (Lipinski definition) is 2. The molecule has 0 radical (unpaired) electrons. The van der Waals surface area contributed by atoms with E-state index in [2.05, 4.69) is 28.6 Å². The van der Waals surface area contributed by atoms with Crippen LogP contribution in [0, 0.1) is 6.92 Å². The van der Waals surface area contributed by atoms with Crippen molar-refractivity contribution < 1.29 is 9.47 Å². The first kappa shape index (κ1) is 23.0. The number of benzene rings is 1. The highest BCUT2D eigenvalue weighted by molar-refractivity contribution is 14.0. The van der Waals surface area contributed by atoms with Crippen LogP contribution in [0.25, 0.3) is 0 Å². The fourth-order valence-electron chi connectivity index (χ4n) is 2.18. The minimum absolute atomic E-state index is 0. The lowest BCUT2D eigenvalue weighted by molar-refractivity contribution is 0.192. The van der Waals surface area contributed by atoms with Gasteiger partial charge in [0.05, 0.1) is 6.54 Å². The normalized spacial score (nSPS) is 12.2. The number of nitrogens with zero attached hydrogens (tertiary/aromatic N) is 1. The van der Waals surface area contributed by atoms with Gasteiger partial charge >= 0.3 is 0 Å². The van der Waals surface area contributed by atoms with Gasteiger partial charge in [-0.1, -0.05) is 12.1 Å². The molecular weight excluding hydrogens is 417 g/mol. The van der Waals surface area contributed by atoms with Crippen LogP contribution in [0.5, 0.6) is 5.75 Å². The van der Waals surface area contributed by atoms with Crippen LogP contribution < -0.4 is 15.4 Å². The van der Waals surface area contributed by atoms with Gasteiger partial charge in [0.2, 0.25) is 0 Å². The predicted molar refractivity (Wildman–Crippen MR) is 112 cm³/mol. The van der Waals surface area contributed by atoms with E-state index in [0.717, 1.165) is 44.1 Å². The summed E-state index contributed by atoms with van der Waals surface area (Å²) in [6.07, 6.45) is 3.44. The lowest BCUT2D eigenvalue weighted by Gasteiger charge is -2.18. The number of nitrogens with one attached hydrogen (secondary N) is 2. The van der Waals surface area contributed by atoms with E-state index in [9.17, 15) is 0 Å². The molecule has 24 heavy (non-hydrogen) atoms. The molecule has 0 saturated carbocycles. The van der Waals surface area contributed by atoms with E-state index >= 15 is 0 Å². The van der Waals surface area contributed by atoms with Gasteiger partial charge in [-0.3, -0.25) is 4.99 Å². The van der Waals surface area contributed by atoms with Gasteiger partial charge in [-0.15, -0.1) is 24.0 Å². The maximum Gasteiger partial charge on any atom is 0.191 e. The van der Waals surface area contributed by atoms with E-state index in [-0.39, 0.29) is 30.1 Å². The monoisotopic (exact) mass is 449 g/mol. The van der Waals surface area contributed by atoms with E-state index in [0.29, 0.717) is 6.54 Å². The minimum atomic E-state index is 0. The summed E-state index contributed by atoms with van der Waals surface area (Å²) in [7, 11) is 3.52. The molecule has 1 unspecified atom stereocenters. The quantitative estimate of drug-likeness (QED) is 0.249. The first-order valence-electron chi connectivity index (χ1n) is 8.32. The molecular formula is C18H32IN3O2. The molecule has 0 aliphatic rings. The zero-order chi connectivity index (χ0) is 16.9. The number of rotatable bonds is 10. The van der Waals surface area contributed by atoms with Crippen LogP contribution in [0.2, 0.25) is 0 Å². The van der Waals surface area contributed by atoms with Crippen molar-refractivity contribution in [3.8, 4) is 5.75 Å². The Morgan fingerprint density at radius 3 is 2.67 bits per heavy atom. The molecule has 0 aromatic heterocycles. The Hall–Kier alpha value is -1.02. The van der Waals surface area contributed by atoms with Crippen LogP contribution in [0.4, 0.5) is 0 Å². The summed E-state index contributed by atoms with van der Waals surface area (Å²) in [5.41, 5.74) is 1.20. The number of unbranched alkanes of at least 4 members (excludes halogenated alkanes) is 2. The van der Waals surface area contributed by atoms with E-state index in [4.69, 9.17) is 9.47 Å². The number of methoxy groups -OCH3 is 1. The molecule has 0 bridgehead atoms. The summed E-state index contributed by atoms with van der Waals surface area (Å²) < 4.78 is 10.9. The Kier molecular flexibility index (Phi) is 13.7. The van der Waals surface area contributed by atoms with Gasteiger partial charge in [-0.25, -0.2) is 0 Å². The molecule has 6 heteroatoms. The van der Waals surface area contributed by atoms with Crippen LogP contribution in [0.15, 0.2) is 29.3 Å². The lowest BCUT2D eigenvalue weighted by Crippen LogP contribution is -2.42. The third kappa shape index (κ3) is 10.7.